The zero-order valence-corrected chi connectivity index (χ0v) is 22.0. The summed E-state index contributed by atoms with van der Waals surface area (Å²) in [6, 6.07) is 2.28. The Morgan fingerprint density at radius 3 is 1.88 bits per heavy atom. The van der Waals surface area contributed by atoms with Crippen LogP contribution >= 0.6 is 34.2 Å². The maximum absolute atomic E-state index is 6.73. The Morgan fingerprint density at radius 2 is 1.48 bits per heavy atom. The molecule has 0 saturated heterocycles. The van der Waals surface area contributed by atoms with Gasteiger partial charge in [-0.1, -0.05) is 72.8 Å². The molecule has 0 aliphatic rings. The lowest BCUT2D eigenvalue weighted by atomic mass is 10.3. The Labute approximate surface area is 174 Å². The van der Waals surface area contributed by atoms with Crippen molar-refractivity contribution >= 4 is 66.7 Å². The van der Waals surface area contributed by atoms with Crippen molar-refractivity contribution in [1.82, 2.24) is 9.22 Å². The first-order chi connectivity index (χ1) is 11.4. The standard InChI is InChI=1S/C19H32ClIN2Si2/c1-12(2)25(13(3)4,14(5)6)23-11-10-15-17(24(7,8)9)16(20)18(21)22-19(15)23/h10-14H,1-9H3. The first kappa shape index (κ1) is 21.4. The number of halogens is 2. The van der Waals surface area contributed by atoms with Gasteiger partial charge in [0.05, 0.1) is 13.1 Å². The highest BCUT2D eigenvalue weighted by Crippen LogP contribution is 2.44. The normalized spacial score (nSPS) is 13.7. The van der Waals surface area contributed by atoms with Crippen LogP contribution in [0.5, 0.6) is 0 Å². The van der Waals surface area contributed by atoms with Gasteiger partial charge < -0.3 is 4.23 Å². The van der Waals surface area contributed by atoms with Gasteiger partial charge in [0, 0.05) is 5.39 Å². The summed E-state index contributed by atoms with van der Waals surface area (Å²) >= 11 is 9.05. The Kier molecular flexibility index (Phi) is 6.25. The molecule has 2 heterocycles. The Bertz CT molecular complexity index is 754. The molecule has 2 aromatic heterocycles. The predicted octanol–water partition coefficient (Wildman–Crippen LogP) is 6.86. The van der Waals surface area contributed by atoms with Crippen LogP contribution in [0.1, 0.15) is 41.5 Å². The second kappa shape index (κ2) is 7.28. The van der Waals surface area contributed by atoms with Crippen molar-refractivity contribution in [3.8, 4) is 0 Å². The lowest BCUT2D eigenvalue weighted by molar-refractivity contribution is 0.770. The maximum atomic E-state index is 6.73. The molecule has 0 aliphatic heterocycles. The molecule has 0 radical (unpaired) electrons. The number of hydrogen-bond acceptors (Lipinski definition) is 1. The van der Waals surface area contributed by atoms with Crippen LogP contribution in [0.3, 0.4) is 0 Å². The van der Waals surface area contributed by atoms with E-state index in [1.54, 1.807) is 0 Å². The SMILES string of the molecule is CC(C)[Si](C(C)C)(C(C)C)n1ccc2c([Si](C)(C)C)c(Cl)c(I)nc21. The lowest BCUT2D eigenvalue weighted by Gasteiger charge is -2.44. The molecule has 2 rings (SSSR count). The van der Waals surface area contributed by atoms with Crippen molar-refractivity contribution in [3.63, 3.8) is 0 Å². The minimum absolute atomic E-state index is 0.647. The molecule has 140 valence electrons. The van der Waals surface area contributed by atoms with Crippen LogP contribution in [0, 0.1) is 3.70 Å². The summed E-state index contributed by atoms with van der Waals surface area (Å²) in [5.41, 5.74) is 3.10. The summed E-state index contributed by atoms with van der Waals surface area (Å²) < 4.78 is 3.55. The number of hydrogen-bond donors (Lipinski definition) is 0. The van der Waals surface area contributed by atoms with E-state index >= 15 is 0 Å². The highest BCUT2D eigenvalue weighted by Gasteiger charge is 2.46. The maximum Gasteiger partial charge on any atom is 0.171 e. The topological polar surface area (TPSA) is 17.8 Å². The molecule has 0 saturated carbocycles. The highest BCUT2D eigenvalue weighted by molar-refractivity contribution is 14.1. The third-order valence-corrected chi connectivity index (χ3v) is 16.1. The fraction of sp³-hybridized carbons (Fsp3) is 0.632. The molecule has 0 aliphatic carbocycles. The fourth-order valence-electron chi connectivity index (χ4n) is 4.98. The monoisotopic (exact) mass is 506 g/mol. The molecule has 2 aromatic rings. The summed E-state index contributed by atoms with van der Waals surface area (Å²) in [6.07, 6.45) is 2.32. The molecule has 0 amide bonds. The van der Waals surface area contributed by atoms with Crippen LogP contribution in [-0.4, -0.2) is 25.5 Å². The zero-order valence-electron chi connectivity index (χ0n) is 17.0. The highest BCUT2D eigenvalue weighted by atomic mass is 127. The van der Waals surface area contributed by atoms with Crippen LogP contribution in [0.15, 0.2) is 12.3 Å². The molecule has 2 nitrogen and oxygen atoms in total. The van der Waals surface area contributed by atoms with Gasteiger partial charge in [-0.2, -0.15) is 0 Å². The van der Waals surface area contributed by atoms with Crippen LogP contribution in [0.4, 0.5) is 0 Å². The van der Waals surface area contributed by atoms with Gasteiger partial charge in [-0.25, -0.2) is 4.98 Å². The fourth-order valence-corrected chi connectivity index (χ4v) is 15.0. The van der Waals surface area contributed by atoms with E-state index in [1.807, 2.05) is 0 Å². The van der Waals surface area contributed by atoms with Crippen molar-refractivity contribution in [2.24, 2.45) is 0 Å². The number of nitrogens with zero attached hydrogens (tertiary/aromatic N) is 2. The summed E-state index contributed by atoms with van der Waals surface area (Å²) in [5.74, 6) is 0. The molecular weight excluding hydrogens is 475 g/mol. The average Bonchev–Trinajstić information content (AvgIpc) is 2.81. The minimum Gasteiger partial charge on any atom is -0.359 e. The molecule has 0 N–H and O–H groups in total. The van der Waals surface area contributed by atoms with E-state index in [1.165, 1.54) is 10.6 Å². The van der Waals surface area contributed by atoms with Crippen LogP contribution in [0.25, 0.3) is 11.0 Å². The second-order valence-corrected chi connectivity index (χ2v) is 21.2. The molecule has 0 aromatic carbocycles. The van der Waals surface area contributed by atoms with E-state index in [0.29, 0.717) is 16.6 Å². The van der Waals surface area contributed by atoms with Crippen molar-refractivity contribution in [3.05, 3.63) is 21.0 Å². The van der Waals surface area contributed by atoms with Crippen molar-refractivity contribution in [2.45, 2.75) is 77.8 Å². The summed E-state index contributed by atoms with van der Waals surface area (Å²) in [7, 11) is -3.39. The van der Waals surface area contributed by atoms with Gasteiger partial charge in [0.25, 0.3) is 0 Å². The molecule has 0 bridgehead atoms. The molecule has 0 unspecified atom stereocenters. The number of aromatic nitrogens is 2. The third-order valence-electron chi connectivity index (χ3n) is 5.68. The molecule has 0 atom stereocenters. The van der Waals surface area contributed by atoms with Gasteiger partial charge in [-0.05, 0) is 56.7 Å². The van der Waals surface area contributed by atoms with E-state index in [2.05, 4.69) is 100 Å². The molecule has 25 heavy (non-hydrogen) atoms. The third kappa shape index (κ3) is 3.38. The Morgan fingerprint density at radius 1 is 1.00 bits per heavy atom. The molecule has 0 fully saturated rings. The van der Waals surface area contributed by atoms with E-state index < -0.39 is 16.3 Å². The predicted molar refractivity (Wildman–Crippen MR) is 127 cm³/mol. The van der Waals surface area contributed by atoms with E-state index in [0.717, 1.165) is 14.4 Å². The first-order valence-corrected chi connectivity index (χ1v) is 16.4. The summed E-state index contributed by atoms with van der Waals surface area (Å²) in [5, 5.41) is 3.51. The zero-order chi connectivity index (χ0) is 19.3. The van der Waals surface area contributed by atoms with Crippen molar-refractivity contribution in [2.75, 3.05) is 0 Å². The molecular formula is C19H32ClIN2Si2. The van der Waals surface area contributed by atoms with Gasteiger partial charge in [0.1, 0.15) is 9.35 Å². The first-order valence-electron chi connectivity index (χ1n) is 9.23. The summed E-state index contributed by atoms with van der Waals surface area (Å²) in [6.45, 7) is 21.5. The Balaban J connectivity index is 2.96. The van der Waals surface area contributed by atoms with Crippen molar-refractivity contribution in [1.29, 1.82) is 0 Å². The van der Waals surface area contributed by atoms with Gasteiger partial charge in [-0.3, -0.25) is 0 Å². The van der Waals surface area contributed by atoms with Crippen molar-refractivity contribution < 1.29 is 0 Å². The smallest absolute Gasteiger partial charge is 0.171 e. The average molecular weight is 507 g/mol. The van der Waals surface area contributed by atoms with Crippen LogP contribution in [-0.2, 0) is 0 Å². The molecule has 6 heteroatoms. The number of rotatable bonds is 5. The van der Waals surface area contributed by atoms with Gasteiger partial charge in [0.2, 0.25) is 0 Å². The van der Waals surface area contributed by atoms with Crippen LogP contribution in [0.2, 0.25) is 41.3 Å². The largest absolute Gasteiger partial charge is 0.359 e. The van der Waals surface area contributed by atoms with E-state index in [-0.39, 0.29) is 0 Å². The Hall–Kier alpha value is 0.144. The van der Waals surface area contributed by atoms with Gasteiger partial charge in [0.15, 0.2) is 8.24 Å². The van der Waals surface area contributed by atoms with Gasteiger partial charge >= 0.3 is 0 Å². The number of fused-ring (bicyclic) bond motifs is 1. The quantitative estimate of drug-likeness (QED) is 0.246. The summed E-state index contributed by atoms with van der Waals surface area (Å²) in [4.78, 5) is 5.00. The second-order valence-electron chi connectivity index (χ2n) is 9.12. The lowest BCUT2D eigenvalue weighted by Crippen LogP contribution is -2.52. The molecule has 0 spiro atoms. The van der Waals surface area contributed by atoms with E-state index in [4.69, 9.17) is 16.6 Å². The van der Waals surface area contributed by atoms with E-state index in [9.17, 15) is 0 Å². The number of pyridine rings is 1. The van der Waals surface area contributed by atoms with Crippen LogP contribution < -0.4 is 5.19 Å². The minimum atomic E-state index is -1.82. The van der Waals surface area contributed by atoms with Gasteiger partial charge in [-0.15, -0.1) is 0 Å².